The predicted molar refractivity (Wildman–Crippen MR) is 464 cm³/mol. The van der Waals surface area contributed by atoms with Crippen LogP contribution in [0, 0.1) is 0 Å². The van der Waals surface area contributed by atoms with Crippen LogP contribution in [0.15, 0.2) is 36.4 Å². The van der Waals surface area contributed by atoms with Crippen LogP contribution >= 0.6 is 7.82 Å². The number of rotatable bonds is 78. The van der Waals surface area contributed by atoms with E-state index >= 15 is 4.57 Å². The molecule has 5 heteroatoms. The summed E-state index contributed by atoms with van der Waals surface area (Å²) in [5, 5.41) is 0. The second-order valence-electron chi connectivity index (χ2n) is 33.1. The fourth-order valence-corrected chi connectivity index (χ4v) is 18.0. The summed E-state index contributed by atoms with van der Waals surface area (Å²) in [4.78, 5) is 0. The standard InChI is InChI=1S/C99H177O4P/c1-10-19-28-37-46-55-64-73-88-82-85-97(94(79-70-61-52-43-34-25-16-7)91(88)76-67-58-49-40-31-22-13-4)101-104(100,102-98-86-83-89(74-65-56-47-38-29-20-11-2)92(77-68-59-50-41-32-23-14-5)95(98)80-71-62-53-44-35-26-17-8)103-99-87-84-90(75-66-57-48-39-30-21-12-3)93(78-69-60-51-42-33-24-15-6)96(99)81-72-63-54-45-36-27-18-9/h82-87H,10-81H2,1-9H3. The summed E-state index contributed by atoms with van der Waals surface area (Å²) in [6.07, 6.45) is 90.1. The molecule has 0 atom stereocenters. The monoisotopic (exact) mass is 1460 g/mol. The molecule has 3 aromatic carbocycles. The Labute approximate surface area is 650 Å². The van der Waals surface area contributed by atoms with Crippen LogP contribution in [0.2, 0.25) is 0 Å². The molecular weight excluding hydrogens is 1280 g/mol. The number of hydrogen-bond donors (Lipinski definition) is 0. The average molecular weight is 1460 g/mol. The van der Waals surface area contributed by atoms with Gasteiger partial charge in [0.1, 0.15) is 17.2 Å². The number of unbranched alkanes of at least 4 members (excludes halogenated alkanes) is 54. The van der Waals surface area contributed by atoms with E-state index in [1.165, 1.54) is 435 Å². The van der Waals surface area contributed by atoms with Gasteiger partial charge in [-0.25, -0.2) is 0 Å². The average Bonchev–Trinajstić information content (AvgIpc) is 0.781. The fourth-order valence-electron chi connectivity index (χ4n) is 16.7. The second kappa shape index (κ2) is 68.3. The highest BCUT2D eigenvalue weighted by Crippen LogP contribution is 2.54. The first-order valence-electron chi connectivity index (χ1n) is 47.4. The molecule has 0 aliphatic carbocycles. The highest BCUT2D eigenvalue weighted by Gasteiger charge is 2.37. The topological polar surface area (TPSA) is 44.8 Å². The first-order valence-corrected chi connectivity index (χ1v) is 48.8. The van der Waals surface area contributed by atoms with Crippen molar-refractivity contribution in [3.63, 3.8) is 0 Å². The van der Waals surface area contributed by atoms with Gasteiger partial charge in [0, 0.05) is 0 Å². The molecule has 0 fully saturated rings. The van der Waals surface area contributed by atoms with Crippen molar-refractivity contribution < 1.29 is 18.1 Å². The third kappa shape index (κ3) is 46.1. The Balaban J connectivity index is 2.52. The summed E-state index contributed by atoms with van der Waals surface area (Å²) in [5.74, 6) is 2.25. The molecule has 0 saturated heterocycles. The van der Waals surface area contributed by atoms with E-state index in [0.717, 1.165) is 94.3 Å². The lowest BCUT2D eigenvalue weighted by molar-refractivity contribution is 0.294. The molecule has 0 amide bonds. The largest absolute Gasteiger partial charge is 0.647 e. The number of phosphoric ester groups is 1. The zero-order valence-electron chi connectivity index (χ0n) is 71.5. The molecule has 602 valence electrons. The molecule has 0 spiro atoms. The van der Waals surface area contributed by atoms with Gasteiger partial charge in [0.05, 0.1) is 0 Å². The third-order valence-corrected chi connectivity index (χ3v) is 24.7. The highest BCUT2D eigenvalue weighted by atomic mass is 31.2. The van der Waals surface area contributed by atoms with E-state index in [2.05, 4.69) is 98.7 Å². The minimum atomic E-state index is -4.50. The van der Waals surface area contributed by atoms with Crippen LogP contribution in [-0.2, 0) is 62.4 Å². The van der Waals surface area contributed by atoms with E-state index in [0.29, 0.717) is 0 Å². The van der Waals surface area contributed by atoms with Crippen LogP contribution in [0.5, 0.6) is 17.2 Å². The number of benzene rings is 3. The Bertz CT molecular complexity index is 2190. The molecule has 0 saturated carbocycles. The van der Waals surface area contributed by atoms with Gasteiger partial charge in [-0.05, 0) is 184 Å². The van der Waals surface area contributed by atoms with Crippen LogP contribution in [-0.4, -0.2) is 0 Å². The molecule has 0 aromatic heterocycles. The maximum atomic E-state index is 17.6. The van der Waals surface area contributed by atoms with Crippen molar-refractivity contribution in [1.82, 2.24) is 0 Å². The molecule has 4 nitrogen and oxygen atoms in total. The van der Waals surface area contributed by atoms with Gasteiger partial charge in [-0.1, -0.05) is 427 Å². The normalized spacial score (nSPS) is 11.8. The first-order chi connectivity index (χ1) is 51.3. The molecule has 104 heavy (non-hydrogen) atoms. The minimum absolute atomic E-state index is 0.751. The Morgan fingerprint density at radius 1 is 0.173 bits per heavy atom. The summed E-state index contributed by atoms with van der Waals surface area (Å²) in [7, 11) is -4.50. The quantitative estimate of drug-likeness (QED) is 0.0417. The van der Waals surface area contributed by atoms with Crippen molar-refractivity contribution in [3.05, 3.63) is 86.5 Å². The fraction of sp³-hybridized carbons (Fsp3) is 0.818. The molecule has 3 aromatic rings. The van der Waals surface area contributed by atoms with Crippen LogP contribution < -0.4 is 13.6 Å². The summed E-state index contributed by atoms with van der Waals surface area (Å²) in [6.45, 7) is 21.0. The Morgan fingerprint density at radius 3 is 0.471 bits per heavy atom. The van der Waals surface area contributed by atoms with Gasteiger partial charge in [0.25, 0.3) is 0 Å². The lowest BCUT2D eigenvalue weighted by Gasteiger charge is -2.27. The van der Waals surface area contributed by atoms with E-state index in [-0.39, 0.29) is 0 Å². The Kier molecular flexibility index (Phi) is 62.7. The highest BCUT2D eigenvalue weighted by molar-refractivity contribution is 7.49. The van der Waals surface area contributed by atoms with Crippen molar-refractivity contribution in [2.75, 3.05) is 0 Å². The number of phosphoric acid groups is 1. The molecule has 3 rings (SSSR count). The van der Waals surface area contributed by atoms with Crippen LogP contribution in [0.1, 0.15) is 517 Å². The van der Waals surface area contributed by atoms with Crippen LogP contribution in [0.25, 0.3) is 0 Å². The molecule has 0 N–H and O–H groups in total. The summed E-state index contributed by atoms with van der Waals surface area (Å²) in [5.41, 5.74) is 12.8. The maximum absolute atomic E-state index is 17.6. The maximum Gasteiger partial charge on any atom is 0.647 e. The summed E-state index contributed by atoms with van der Waals surface area (Å²) in [6, 6.07) is 14.0. The summed E-state index contributed by atoms with van der Waals surface area (Å²) >= 11 is 0. The van der Waals surface area contributed by atoms with E-state index in [1.54, 1.807) is 0 Å². The van der Waals surface area contributed by atoms with Gasteiger partial charge < -0.3 is 13.6 Å². The van der Waals surface area contributed by atoms with Crippen molar-refractivity contribution in [2.24, 2.45) is 0 Å². The van der Waals surface area contributed by atoms with Crippen LogP contribution in [0.3, 0.4) is 0 Å². The SMILES string of the molecule is CCCCCCCCCc1ccc(OP(=O)(Oc2ccc(CCCCCCCCC)c(CCCCCCCCC)c2CCCCCCCCC)Oc2ccc(CCCCCCCCC)c(CCCCCCCCC)c2CCCCCCCCC)c(CCCCCCCCC)c1CCCCCCCCC. The molecule has 0 aliphatic rings. The zero-order valence-corrected chi connectivity index (χ0v) is 72.4. The Hall–Kier alpha value is -2.71. The lowest BCUT2D eigenvalue weighted by atomic mass is 9.89. The van der Waals surface area contributed by atoms with Crippen molar-refractivity contribution in [1.29, 1.82) is 0 Å². The summed E-state index contributed by atoms with van der Waals surface area (Å²) < 4.78 is 40.6. The molecule has 0 unspecified atom stereocenters. The molecule has 0 radical (unpaired) electrons. The molecule has 0 heterocycles. The second-order valence-corrected chi connectivity index (χ2v) is 34.5. The molecule has 0 bridgehead atoms. The lowest BCUT2D eigenvalue weighted by Crippen LogP contribution is -2.14. The van der Waals surface area contributed by atoms with Crippen molar-refractivity contribution in [2.45, 2.75) is 525 Å². The number of aryl methyl sites for hydroxylation is 3. The first kappa shape index (κ1) is 95.5. The van der Waals surface area contributed by atoms with Gasteiger partial charge in [0.15, 0.2) is 0 Å². The minimum Gasteiger partial charge on any atom is -0.386 e. The van der Waals surface area contributed by atoms with Crippen LogP contribution in [0.4, 0.5) is 0 Å². The van der Waals surface area contributed by atoms with Gasteiger partial charge in [0.2, 0.25) is 0 Å². The van der Waals surface area contributed by atoms with E-state index < -0.39 is 7.82 Å². The molecular formula is C99H177O4P. The predicted octanol–water partition coefficient (Wildman–Crippen LogP) is 35.0. The van der Waals surface area contributed by atoms with E-state index in [9.17, 15) is 0 Å². The Morgan fingerprint density at radius 2 is 0.308 bits per heavy atom. The van der Waals surface area contributed by atoms with Crippen molar-refractivity contribution in [3.8, 4) is 17.2 Å². The van der Waals surface area contributed by atoms with E-state index in [4.69, 9.17) is 13.6 Å². The van der Waals surface area contributed by atoms with Gasteiger partial charge in [-0.15, -0.1) is 0 Å². The third-order valence-electron chi connectivity index (χ3n) is 23.4. The van der Waals surface area contributed by atoms with Crippen molar-refractivity contribution >= 4 is 7.82 Å². The van der Waals surface area contributed by atoms with Gasteiger partial charge >= 0.3 is 7.82 Å². The van der Waals surface area contributed by atoms with Gasteiger partial charge in [-0.2, -0.15) is 4.57 Å². The number of hydrogen-bond acceptors (Lipinski definition) is 4. The molecule has 0 aliphatic heterocycles. The zero-order chi connectivity index (χ0) is 74.7. The smallest absolute Gasteiger partial charge is 0.386 e. The van der Waals surface area contributed by atoms with E-state index in [1.807, 2.05) is 0 Å². The van der Waals surface area contributed by atoms with Gasteiger partial charge in [-0.3, -0.25) is 0 Å².